The van der Waals surface area contributed by atoms with Crippen LogP contribution in [0.5, 0.6) is 17.2 Å². The maximum absolute atomic E-state index is 14.7. The molecule has 2 unspecified atom stereocenters. The third-order valence-corrected chi connectivity index (χ3v) is 6.10. The van der Waals surface area contributed by atoms with Gasteiger partial charge < -0.3 is 14.0 Å². The molecule has 4 rings (SSSR count). The summed E-state index contributed by atoms with van der Waals surface area (Å²) in [6.07, 6.45) is 1.50. The van der Waals surface area contributed by atoms with E-state index in [-0.39, 0.29) is 35.0 Å². The van der Waals surface area contributed by atoms with E-state index >= 15 is 0 Å². The zero-order valence-corrected chi connectivity index (χ0v) is 21.1. The molecule has 1 aromatic heterocycles. The third kappa shape index (κ3) is 5.96. The Morgan fingerprint density at radius 3 is 2.37 bits per heavy atom. The van der Waals surface area contributed by atoms with E-state index in [0.29, 0.717) is 22.8 Å². The highest BCUT2D eigenvalue weighted by Gasteiger charge is 2.23. The van der Waals surface area contributed by atoms with Crippen LogP contribution in [0, 0.1) is 17.5 Å². The van der Waals surface area contributed by atoms with Crippen LogP contribution in [0.15, 0.2) is 77.7 Å². The number of aromatic nitrogens is 1. The zero-order chi connectivity index (χ0) is 27.4. The minimum absolute atomic E-state index is 0.101. The Balaban J connectivity index is 1.95. The van der Waals surface area contributed by atoms with E-state index < -0.39 is 34.8 Å². The van der Waals surface area contributed by atoms with Crippen molar-refractivity contribution >= 4 is 11.3 Å². The van der Waals surface area contributed by atoms with Crippen molar-refractivity contribution in [3.63, 3.8) is 0 Å². The van der Waals surface area contributed by atoms with Gasteiger partial charge in [-0.2, -0.15) is 0 Å². The maximum Gasteiger partial charge on any atom is 0.254 e. The minimum Gasteiger partial charge on any atom is -0.493 e. The quantitative estimate of drug-likeness (QED) is 0.273. The summed E-state index contributed by atoms with van der Waals surface area (Å²) < 4.78 is 79.2. The molecule has 3 aromatic carbocycles. The van der Waals surface area contributed by atoms with Crippen molar-refractivity contribution in [1.29, 1.82) is 0 Å². The van der Waals surface area contributed by atoms with Crippen LogP contribution < -0.4 is 19.8 Å². The second-order valence-electron chi connectivity index (χ2n) is 8.19. The number of pyridine rings is 1. The lowest BCUT2D eigenvalue weighted by atomic mass is 9.95. The van der Waals surface area contributed by atoms with Crippen LogP contribution in [0.4, 0.5) is 13.2 Å². The van der Waals surface area contributed by atoms with E-state index in [1.54, 1.807) is 19.1 Å². The SMILES string of the molecule is CCOc1cc(=O)n(C)cc1-c1cc(C(NS(=O)O)c2ccccc2F)ccc1Oc1ccc(F)cc1F. The van der Waals surface area contributed by atoms with Crippen molar-refractivity contribution in [2.75, 3.05) is 6.61 Å². The van der Waals surface area contributed by atoms with Crippen molar-refractivity contribution in [2.24, 2.45) is 7.05 Å². The van der Waals surface area contributed by atoms with Gasteiger partial charge in [0.2, 0.25) is 11.3 Å². The van der Waals surface area contributed by atoms with Crippen LogP contribution in [0.25, 0.3) is 11.1 Å². The summed E-state index contributed by atoms with van der Waals surface area (Å²) in [4.78, 5) is 12.3. The summed E-state index contributed by atoms with van der Waals surface area (Å²) in [5, 5.41) is 0. The first-order chi connectivity index (χ1) is 18.2. The van der Waals surface area contributed by atoms with E-state index in [0.717, 1.165) is 12.1 Å². The number of rotatable bonds is 9. The Bertz CT molecular complexity index is 1560. The van der Waals surface area contributed by atoms with Crippen molar-refractivity contribution in [1.82, 2.24) is 9.29 Å². The van der Waals surface area contributed by atoms with E-state index in [1.165, 1.54) is 54.2 Å². The molecular weight excluding hydrogens is 521 g/mol. The largest absolute Gasteiger partial charge is 0.493 e. The summed E-state index contributed by atoms with van der Waals surface area (Å²) in [6, 6.07) is 13.4. The molecule has 0 aliphatic carbocycles. The lowest BCUT2D eigenvalue weighted by Crippen LogP contribution is -2.25. The molecule has 2 N–H and O–H groups in total. The number of nitrogens with zero attached hydrogens (tertiary/aromatic N) is 1. The van der Waals surface area contributed by atoms with Crippen LogP contribution in [0.3, 0.4) is 0 Å². The van der Waals surface area contributed by atoms with Crippen molar-refractivity contribution in [3.05, 3.63) is 112 Å². The second kappa shape index (κ2) is 11.6. The topological polar surface area (TPSA) is 89.8 Å². The van der Waals surface area contributed by atoms with Crippen LogP contribution in [-0.2, 0) is 18.3 Å². The standard InChI is InChI=1S/C27H23F3N2O5S/c1-3-36-25-14-26(33)32(2)15-20(25)19-12-16(27(31-38(34)35)18-6-4-5-7-21(18)29)8-10-23(19)37-24-11-9-17(28)13-22(24)30/h4-15,27,31H,3H2,1-2H3,(H,34,35). The molecule has 0 spiro atoms. The van der Waals surface area contributed by atoms with E-state index in [9.17, 15) is 26.7 Å². The fourth-order valence-corrected chi connectivity index (χ4v) is 4.38. The average molecular weight is 545 g/mol. The number of ether oxygens (including phenoxy) is 2. The highest BCUT2D eigenvalue weighted by molar-refractivity contribution is 7.77. The van der Waals surface area contributed by atoms with Crippen LogP contribution in [-0.4, -0.2) is 19.9 Å². The van der Waals surface area contributed by atoms with E-state index in [1.807, 2.05) is 0 Å². The normalized spacial score (nSPS) is 12.7. The predicted octanol–water partition coefficient (Wildman–Crippen LogP) is 5.48. The third-order valence-electron chi connectivity index (χ3n) is 5.67. The summed E-state index contributed by atoms with van der Waals surface area (Å²) in [5.41, 5.74) is 0.796. The highest BCUT2D eigenvalue weighted by atomic mass is 32.2. The van der Waals surface area contributed by atoms with E-state index in [2.05, 4.69) is 4.72 Å². The number of nitrogens with one attached hydrogen (secondary N) is 1. The number of halogens is 3. The van der Waals surface area contributed by atoms with Gasteiger partial charge in [-0.3, -0.25) is 9.35 Å². The Kier molecular flexibility index (Phi) is 8.30. The zero-order valence-electron chi connectivity index (χ0n) is 20.3. The molecule has 0 aliphatic rings. The van der Waals surface area contributed by atoms with Gasteiger partial charge in [-0.05, 0) is 42.8 Å². The summed E-state index contributed by atoms with van der Waals surface area (Å²) >= 11 is -2.52. The molecule has 198 valence electrons. The van der Waals surface area contributed by atoms with Gasteiger partial charge in [0.25, 0.3) is 5.56 Å². The van der Waals surface area contributed by atoms with Crippen molar-refractivity contribution in [2.45, 2.75) is 13.0 Å². The van der Waals surface area contributed by atoms with Gasteiger partial charge >= 0.3 is 0 Å². The monoisotopic (exact) mass is 544 g/mol. The number of aryl methyl sites for hydroxylation is 1. The first-order valence-corrected chi connectivity index (χ1v) is 12.5. The first-order valence-electron chi connectivity index (χ1n) is 11.4. The highest BCUT2D eigenvalue weighted by Crippen LogP contribution is 2.41. The fourth-order valence-electron chi connectivity index (χ4n) is 3.91. The predicted molar refractivity (Wildman–Crippen MR) is 137 cm³/mol. The molecule has 0 fully saturated rings. The molecule has 0 aliphatic heterocycles. The molecule has 11 heteroatoms. The van der Waals surface area contributed by atoms with Gasteiger partial charge in [-0.15, -0.1) is 0 Å². The Hall–Kier alpha value is -3.93. The number of benzene rings is 3. The van der Waals surface area contributed by atoms with Gasteiger partial charge in [0.05, 0.1) is 12.6 Å². The molecule has 7 nitrogen and oxygen atoms in total. The van der Waals surface area contributed by atoms with Gasteiger partial charge in [0.1, 0.15) is 23.1 Å². The van der Waals surface area contributed by atoms with E-state index in [4.69, 9.17) is 9.47 Å². The molecule has 0 radical (unpaired) electrons. The second-order valence-corrected chi connectivity index (χ2v) is 8.92. The molecule has 1 heterocycles. The smallest absolute Gasteiger partial charge is 0.254 e. The molecule has 2 atom stereocenters. The number of hydrogen-bond donors (Lipinski definition) is 2. The Morgan fingerprint density at radius 1 is 0.947 bits per heavy atom. The minimum atomic E-state index is -2.52. The summed E-state index contributed by atoms with van der Waals surface area (Å²) in [7, 11) is 1.53. The molecule has 0 saturated carbocycles. The first kappa shape index (κ1) is 27.1. The van der Waals surface area contributed by atoms with Crippen molar-refractivity contribution in [3.8, 4) is 28.4 Å². The molecule has 0 amide bonds. The molecule has 4 aromatic rings. The molecular formula is C27H23F3N2O5S. The van der Waals surface area contributed by atoms with Gasteiger partial charge in [0, 0.05) is 42.1 Å². The van der Waals surface area contributed by atoms with Crippen molar-refractivity contribution < 1.29 is 31.4 Å². The molecule has 0 saturated heterocycles. The summed E-state index contributed by atoms with van der Waals surface area (Å²) in [5.74, 6) is -2.27. The average Bonchev–Trinajstić information content (AvgIpc) is 2.87. The van der Waals surface area contributed by atoms with Crippen LogP contribution in [0.2, 0.25) is 0 Å². The Morgan fingerprint density at radius 2 is 1.68 bits per heavy atom. The van der Waals surface area contributed by atoms with Gasteiger partial charge in [-0.1, -0.05) is 24.3 Å². The lowest BCUT2D eigenvalue weighted by Gasteiger charge is -2.21. The molecule has 0 bridgehead atoms. The van der Waals surface area contributed by atoms with Gasteiger partial charge in [0.15, 0.2) is 11.6 Å². The van der Waals surface area contributed by atoms with Gasteiger partial charge in [-0.25, -0.2) is 22.1 Å². The number of hydrogen-bond acceptors (Lipinski definition) is 4. The molecule has 38 heavy (non-hydrogen) atoms. The van der Waals surface area contributed by atoms with Crippen LogP contribution in [0.1, 0.15) is 24.1 Å². The van der Waals surface area contributed by atoms with Crippen LogP contribution >= 0.6 is 0 Å². The lowest BCUT2D eigenvalue weighted by molar-refractivity contribution is 0.340. The fraction of sp³-hybridized carbons (Fsp3) is 0.148. The maximum atomic E-state index is 14.7. The summed E-state index contributed by atoms with van der Waals surface area (Å²) in [6.45, 7) is 1.96. The Labute approximate surface area is 218 Å².